The number of hydrogen-bond acceptors (Lipinski definition) is 6. The zero-order chi connectivity index (χ0) is 16.4. The van der Waals surface area contributed by atoms with E-state index in [2.05, 4.69) is 40.3 Å². The van der Waals surface area contributed by atoms with Crippen LogP contribution in [0.3, 0.4) is 0 Å². The van der Waals surface area contributed by atoms with Crippen molar-refractivity contribution < 1.29 is 4.74 Å². The molecule has 1 aliphatic heterocycles. The van der Waals surface area contributed by atoms with E-state index in [9.17, 15) is 0 Å². The Hall–Kier alpha value is -2.30. The first kappa shape index (κ1) is 15.6. The summed E-state index contributed by atoms with van der Waals surface area (Å²) >= 11 is 0. The van der Waals surface area contributed by atoms with Gasteiger partial charge in [-0.05, 0) is 55.0 Å². The molecule has 0 radical (unpaired) electrons. The summed E-state index contributed by atoms with van der Waals surface area (Å²) in [6, 6.07) is 7.67. The molecule has 0 saturated carbocycles. The Morgan fingerprint density at radius 1 is 1.30 bits per heavy atom. The Morgan fingerprint density at radius 2 is 2.04 bits per heavy atom. The van der Waals surface area contributed by atoms with Crippen molar-refractivity contribution in [1.29, 1.82) is 5.26 Å². The molecule has 7 nitrogen and oxygen atoms in total. The van der Waals surface area contributed by atoms with Crippen LogP contribution < -0.4 is 0 Å². The van der Waals surface area contributed by atoms with Crippen molar-refractivity contribution in [3.05, 3.63) is 35.2 Å². The maximum absolute atomic E-state index is 8.99. The summed E-state index contributed by atoms with van der Waals surface area (Å²) in [7, 11) is 0. The van der Waals surface area contributed by atoms with Gasteiger partial charge < -0.3 is 4.74 Å². The maximum atomic E-state index is 8.99. The molecule has 0 N–H and O–H groups in total. The summed E-state index contributed by atoms with van der Waals surface area (Å²) < 4.78 is 7.52. The van der Waals surface area contributed by atoms with Gasteiger partial charge >= 0.3 is 0 Å². The third kappa shape index (κ3) is 3.38. The number of benzene rings is 1. The second-order valence-electron chi connectivity index (χ2n) is 6.07. The van der Waals surface area contributed by atoms with Crippen molar-refractivity contribution in [3.8, 4) is 11.8 Å². The van der Waals surface area contributed by atoms with Gasteiger partial charge in [0.05, 0.1) is 36.1 Å². The van der Waals surface area contributed by atoms with Crippen LogP contribution >= 0.6 is 0 Å². The number of rotatable bonds is 3. The van der Waals surface area contributed by atoms with E-state index in [0.717, 1.165) is 30.2 Å². The summed E-state index contributed by atoms with van der Waals surface area (Å²) in [5, 5.41) is 21.1. The highest BCUT2D eigenvalue weighted by Gasteiger charge is 2.24. The fourth-order valence-corrected chi connectivity index (χ4v) is 3.07. The molecule has 0 aliphatic carbocycles. The molecule has 0 spiro atoms. The summed E-state index contributed by atoms with van der Waals surface area (Å²) in [5.74, 6) is 0.791. The molecule has 0 amide bonds. The van der Waals surface area contributed by atoms with Gasteiger partial charge in [0.25, 0.3) is 0 Å². The lowest BCUT2D eigenvalue weighted by Crippen LogP contribution is -2.45. The van der Waals surface area contributed by atoms with E-state index in [1.807, 2.05) is 19.1 Å². The lowest BCUT2D eigenvalue weighted by Gasteiger charge is -2.34. The van der Waals surface area contributed by atoms with Crippen LogP contribution in [-0.2, 0) is 11.3 Å². The van der Waals surface area contributed by atoms with Gasteiger partial charge in [-0.3, -0.25) is 4.90 Å². The molecule has 1 aromatic carbocycles. The van der Waals surface area contributed by atoms with Gasteiger partial charge in [0.15, 0.2) is 5.82 Å². The number of nitriles is 1. The summed E-state index contributed by atoms with van der Waals surface area (Å²) in [6.07, 6.45) is 0.416. The predicted octanol–water partition coefficient (Wildman–Crippen LogP) is 1.45. The number of aromatic nitrogens is 4. The molecule has 0 bridgehead atoms. The van der Waals surface area contributed by atoms with Crippen LogP contribution in [0.2, 0.25) is 0 Å². The molecular weight excluding hydrogens is 292 g/mol. The Labute approximate surface area is 135 Å². The normalized spacial score (nSPS) is 22.0. The third-order valence-electron chi connectivity index (χ3n) is 3.95. The number of aryl methyl sites for hydroxylation is 1. The molecule has 0 unspecified atom stereocenters. The van der Waals surface area contributed by atoms with Crippen LogP contribution in [0.15, 0.2) is 18.2 Å². The van der Waals surface area contributed by atoms with Crippen molar-refractivity contribution in [3.63, 3.8) is 0 Å². The largest absolute Gasteiger partial charge is 0.373 e. The summed E-state index contributed by atoms with van der Waals surface area (Å²) in [5.41, 5.74) is 2.51. The van der Waals surface area contributed by atoms with E-state index in [0.29, 0.717) is 12.1 Å². The average Bonchev–Trinajstić information content (AvgIpc) is 2.94. The molecule has 1 fully saturated rings. The molecule has 3 rings (SSSR count). The molecule has 1 saturated heterocycles. The van der Waals surface area contributed by atoms with Crippen molar-refractivity contribution in [2.75, 3.05) is 13.1 Å². The van der Waals surface area contributed by atoms with Gasteiger partial charge in [-0.2, -0.15) is 9.94 Å². The van der Waals surface area contributed by atoms with Crippen LogP contribution in [0, 0.1) is 18.3 Å². The van der Waals surface area contributed by atoms with E-state index >= 15 is 0 Å². The van der Waals surface area contributed by atoms with E-state index < -0.39 is 0 Å². The first-order valence-corrected chi connectivity index (χ1v) is 7.73. The quantitative estimate of drug-likeness (QED) is 0.853. The van der Waals surface area contributed by atoms with Gasteiger partial charge in [0.1, 0.15) is 0 Å². The zero-order valence-electron chi connectivity index (χ0n) is 13.6. The van der Waals surface area contributed by atoms with Crippen molar-refractivity contribution >= 4 is 0 Å². The van der Waals surface area contributed by atoms with Crippen molar-refractivity contribution in [2.45, 2.75) is 39.5 Å². The second-order valence-corrected chi connectivity index (χ2v) is 6.07. The van der Waals surface area contributed by atoms with Gasteiger partial charge in [0.2, 0.25) is 0 Å². The van der Waals surface area contributed by atoms with Gasteiger partial charge in [-0.25, -0.2) is 0 Å². The highest BCUT2D eigenvalue weighted by molar-refractivity contribution is 5.45. The minimum Gasteiger partial charge on any atom is -0.373 e. The Kier molecular flexibility index (Phi) is 4.37. The highest BCUT2D eigenvalue weighted by atomic mass is 16.5. The van der Waals surface area contributed by atoms with Gasteiger partial charge in [-0.1, -0.05) is 0 Å². The third-order valence-corrected chi connectivity index (χ3v) is 3.95. The maximum Gasteiger partial charge on any atom is 0.170 e. The number of tetrazole rings is 1. The van der Waals surface area contributed by atoms with E-state index in [1.165, 1.54) is 0 Å². The van der Waals surface area contributed by atoms with Crippen LogP contribution in [0.4, 0.5) is 0 Å². The molecule has 2 atom stereocenters. The van der Waals surface area contributed by atoms with Crippen molar-refractivity contribution in [2.24, 2.45) is 0 Å². The van der Waals surface area contributed by atoms with E-state index in [4.69, 9.17) is 10.00 Å². The average molecular weight is 312 g/mol. The number of nitrogens with zero attached hydrogens (tertiary/aromatic N) is 6. The molecule has 1 aromatic heterocycles. The predicted molar refractivity (Wildman–Crippen MR) is 83.9 cm³/mol. The number of hydrogen-bond donors (Lipinski definition) is 0. The molecule has 2 heterocycles. The SMILES string of the molecule is Cc1cc(C#N)ccc1-n1nnnc1CN1C[C@@H](C)O[C@@H](C)C1. The zero-order valence-corrected chi connectivity index (χ0v) is 13.6. The first-order chi connectivity index (χ1) is 11.1. The fourth-order valence-electron chi connectivity index (χ4n) is 3.07. The molecular formula is C16H20N6O. The second kappa shape index (κ2) is 6.44. The van der Waals surface area contributed by atoms with Crippen molar-refractivity contribution in [1.82, 2.24) is 25.1 Å². The Balaban J connectivity index is 1.84. The fraction of sp³-hybridized carbons (Fsp3) is 0.500. The standard InChI is InChI=1S/C16H20N6O/c1-11-6-14(7-17)4-5-15(11)22-16(18-19-20-22)10-21-8-12(2)23-13(3)9-21/h4-6,12-13H,8-10H2,1-3H3/t12-,13+. The molecule has 1 aliphatic rings. The summed E-state index contributed by atoms with van der Waals surface area (Å²) in [4.78, 5) is 2.31. The highest BCUT2D eigenvalue weighted by Crippen LogP contribution is 2.18. The van der Waals surface area contributed by atoms with E-state index in [1.54, 1.807) is 10.7 Å². The van der Waals surface area contributed by atoms with Crippen LogP contribution in [-0.4, -0.2) is 50.4 Å². The topological polar surface area (TPSA) is 79.9 Å². The monoisotopic (exact) mass is 312 g/mol. The van der Waals surface area contributed by atoms with Crippen LogP contribution in [0.1, 0.15) is 30.8 Å². The van der Waals surface area contributed by atoms with Gasteiger partial charge in [-0.15, -0.1) is 5.10 Å². The lowest BCUT2D eigenvalue weighted by atomic mass is 10.1. The first-order valence-electron chi connectivity index (χ1n) is 7.73. The van der Waals surface area contributed by atoms with Crippen LogP contribution in [0.5, 0.6) is 0 Å². The minimum absolute atomic E-state index is 0.208. The Morgan fingerprint density at radius 3 is 2.70 bits per heavy atom. The molecule has 120 valence electrons. The molecule has 7 heteroatoms. The minimum atomic E-state index is 0.208. The summed E-state index contributed by atoms with van der Waals surface area (Å²) in [6.45, 7) is 8.52. The van der Waals surface area contributed by atoms with Crippen LogP contribution in [0.25, 0.3) is 5.69 Å². The number of ether oxygens (including phenoxy) is 1. The molecule has 23 heavy (non-hydrogen) atoms. The number of morpholine rings is 1. The van der Waals surface area contributed by atoms with E-state index in [-0.39, 0.29) is 12.2 Å². The van der Waals surface area contributed by atoms with Gasteiger partial charge in [0, 0.05) is 13.1 Å². The smallest absolute Gasteiger partial charge is 0.170 e. The Bertz CT molecular complexity index is 724. The lowest BCUT2D eigenvalue weighted by molar-refractivity contribution is -0.0712. The molecule has 2 aromatic rings.